The van der Waals surface area contributed by atoms with E-state index in [4.69, 9.17) is 23.5 Å². The third-order valence-corrected chi connectivity index (χ3v) is 0.404. The van der Waals surface area contributed by atoms with E-state index in [-0.39, 0.29) is 12.4 Å². The quantitative estimate of drug-likeness (QED) is 0.393. The van der Waals surface area contributed by atoms with Crippen LogP contribution in [-0.4, -0.2) is 5.84 Å². The molecule has 0 aromatic heterocycles. The van der Waals surface area contributed by atoms with Crippen molar-refractivity contribution in [2.24, 2.45) is 11.1 Å². The van der Waals surface area contributed by atoms with Gasteiger partial charge in [-0.15, -0.1) is 12.4 Å². The number of nitrogens with two attached hydrogens (primary N) is 1. The van der Waals surface area contributed by atoms with Gasteiger partial charge in [-0.2, -0.15) is 0 Å². The van der Waals surface area contributed by atoms with Gasteiger partial charge in [-0.05, 0) is 0 Å². The molecule has 0 aliphatic heterocycles. The maximum atomic E-state index is 7.07. The molecule has 3 N–H and O–H groups in total. The lowest BCUT2D eigenvalue weighted by Gasteiger charge is -2.14. The zero-order chi connectivity index (χ0) is 13.6. The van der Waals surface area contributed by atoms with Crippen LogP contribution in [0, 0.1) is 10.8 Å². The largest absolute Gasteiger partial charge is 0.387 e. The minimum absolute atomic E-state index is 0. The van der Waals surface area contributed by atoms with Gasteiger partial charge >= 0.3 is 0 Å². The van der Waals surface area contributed by atoms with Crippen LogP contribution in [0.5, 0.6) is 0 Å². The van der Waals surface area contributed by atoms with E-state index in [9.17, 15) is 0 Å². The van der Waals surface area contributed by atoms with Crippen molar-refractivity contribution in [3.8, 4) is 0 Å². The van der Waals surface area contributed by atoms with Crippen molar-refractivity contribution < 1.29 is 12.3 Å². The van der Waals surface area contributed by atoms with Crippen LogP contribution >= 0.6 is 12.4 Å². The number of rotatable bonds is 0. The summed E-state index contributed by atoms with van der Waals surface area (Å²) in [6, 6.07) is 0. The SMILES string of the molecule is Cl.[2H]C([2H])([2H])C(C(=N)N)(C([2H])([2H])[2H])C([2H])([2H])[2H]. The summed E-state index contributed by atoms with van der Waals surface area (Å²) in [7, 11) is 0. The second-order valence-corrected chi connectivity index (χ2v) is 1.16. The second kappa shape index (κ2) is 2.92. The molecule has 0 aromatic rings. The highest BCUT2D eigenvalue weighted by atomic mass is 35.5. The summed E-state index contributed by atoms with van der Waals surface area (Å²) < 4.78 is 63.6. The minimum Gasteiger partial charge on any atom is -0.387 e. The summed E-state index contributed by atoms with van der Waals surface area (Å²) in [5.74, 6) is -1.38. The smallest absolute Gasteiger partial charge is 0.0960 e. The van der Waals surface area contributed by atoms with Crippen LogP contribution in [0.4, 0.5) is 0 Å². The van der Waals surface area contributed by atoms with Crippen molar-refractivity contribution >= 4 is 18.2 Å². The molecule has 0 spiro atoms. The average Bonchev–Trinajstić information content (AvgIpc) is 1.71. The Morgan fingerprint density at radius 3 is 2.00 bits per heavy atom. The predicted molar refractivity (Wildman–Crippen MR) is 38.6 cm³/mol. The number of nitrogens with one attached hydrogen (secondary N) is 1. The van der Waals surface area contributed by atoms with Crippen LogP contribution in [0.2, 0.25) is 0 Å². The Hall–Kier alpha value is -0.240. The van der Waals surface area contributed by atoms with Crippen molar-refractivity contribution in [2.45, 2.75) is 20.6 Å². The van der Waals surface area contributed by atoms with Gasteiger partial charge in [0.15, 0.2) is 0 Å². The predicted octanol–water partition coefficient (Wildman–Crippen LogP) is 1.39. The van der Waals surface area contributed by atoms with Crippen molar-refractivity contribution in [3.05, 3.63) is 0 Å². The van der Waals surface area contributed by atoms with Crippen LogP contribution in [0.15, 0.2) is 0 Å². The maximum absolute atomic E-state index is 7.07. The monoisotopic (exact) mass is 145 g/mol. The first-order chi connectivity index (χ1) is 6.69. The maximum Gasteiger partial charge on any atom is 0.0960 e. The van der Waals surface area contributed by atoms with E-state index >= 15 is 0 Å². The van der Waals surface area contributed by atoms with Gasteiger partial charge in [-0.1, -0.05) is 20.6 Å². The summed E-state index contributed by atoms with van der Waals surface area (Å²) in [5.41, 5.74) is 1.61. The highest BCUT2D eigenvalue weighted by Gasteiger charge is 2.12. The molecule has 8 heavy (non-hydrogen) atoms. The molecule has 50 valence electrons. The molecule has 2 nitrogen and oxygen atoms in total. The van der Waals surface area contributed by atoms with Crippen LogP contribution in [-0.2, 0) is 0 Å². The third-order valence-electron chi connectivity index (χ3n) is 0.404. The first-order valence-electron chi connectivity index (χ1n) is 6.04. The van der Waals surface area contributed by atoms with Gasteiger partial charge in [0.25, 0.3) is 0 Å². The molecular formula is C5H13ClN2. The van der Waals surface area contributed by atoms with E-state index in [1.807, 2.05) is 0 Å². The Morgan fingerprint density at radius 2 is 2.00 bits per heavy atom. The van der Waals surface area contributed by atoms with Crippen LogP contribution in [0.25, 0.3) is 0 Å². The normalized spacial score (nSPS) is 31.2. The molecule has 0 bridgehead atoms. The highest BCUT2D eigenvalue weighted by molar-refractivity contribution is 5.85. The topological polar surface area (TPSA) is 49.9 Å². The molecule has 0 amide bonds. The summed E-state index contributed by atoms with van der Waals surface area (Å²) in [4.78, 5) is 0. The van der Waals surface area contributed by atoms with Crippen LogP contribution in [0.3, 0.4) is 0 Å². The Morgan fingerprint density at radius 1 is 1.62 bits per heavy atom. The van der Waals surface area contributed by atoms with E-state index in [1.165, 1.54) is 0 Å². The highest BCUT2D eigenvalue weighted by Crippen LogP contribution is 2.10. The first kappa shape index (κ1) is 1.63. The lowest BCUT2D eigenvalue weighted by molar-refractivity contribution is 0.581. The summed E-state index contributed by atoms with van der Waals surface area (Å²) >= 11 is 0. The van der Waals surface area contributed by atoms with E-state index in [0.717, 1.165) is 0 Å². The Bertz CT molecular complexity index is 251. The fourth-order valence-electron chi connectivity index (χ4n) is 0. The fourth-order valence-corrected chi connectivity index (χ4v) is 0. The summed E-state index contributed by atoms with van der Waals surface area (Å²) in [6.45, 7) is -10.3. The van der Waals surface area contributed by atoms with E-state index < -0.39 is 31.8 Å². The van der Waals surface area contributed by atoms with Crippen molar-refractivity contribution in [2.75, 3.05) is 0 Å². The first-order valence-corrected chi connectivity index (χ1v) is 1.54. The number of halogens is 1. The molecule has 0 aliphatic carbocycles. The van der Waals surface area contributed by atoms with E-state index in [0.29, 0.717) is 0 Å². The lowest BCUT2D eigenvalue weighted by Crippen LogP contribution is -2.27. The molecule has 0 rings (SSSR count). The van der Waals surface area contributed by atoms with Gasteiger partial charge in [0, 0.05) is 17.8 Å². The van der Waals surface area contributed by atoms with Gasteiger partial charge in [-0.25, -0.2) is 0 Å². The van der Waals surface area contributed by atoms with Crippen molar-refractivity contribution in [3.63, 3.8) is 0 Å². The van der Waals surface area contributed by atoms with Crippen LogP contribution < -0.4 is 5.73 Å². The van der Waals surface area contributed by atoms with Gasteiger partial charge in [0.2, 0.25) is 0 Å². The Kier molecular flexibility index (Phi) is 0.595. The molecule has 0 aliphatic rings. The minimum atomic E-state index is -3.42. The number of hydrogen-bond acceptors (Lipinski definition) is 1. The average molecular weight is 146 g/mol. The fraction of sp³-hybridized carbons (Fsp3) is 0.800. The standard InChI is InChI=1S/C5H12N2.ClH/c1-5(2,3)4(6)7;/h1-3H3,(H3,6,7);1H/i1D3,2D3,3D3;. The van der Waals surface area contributed by atoms with Crippen molar-refractivity contribution in [1.29, 1.82) is 5.41 Å². The lowest BCUT2D eigenvalue weighted by atomic mass is 9.96. The zero-order valence-electron chi connectivity index (χ0n) is 13.0. The van der Waals surface area contributed by atoms with Crippen LogP contribution in [0.1, 0.15) is 32.9 Å². The number of amidine groups is 1. The molecule has 0 saturated carbocycles. The van der Waals surface area contributed by atoms with Gasteiger partial charge in [-0.3, -0.25) is 5.41 Å². The van der Waals surface area contributed by atoms with Crippen molar-refractivity contribution in [1.82, 2.24) is 0 Å². The molecule has 0 fully saturated rings. The molecular weight excluding hydrogens is 124 g/mol. The van der Waals surface area contributed by atoms with Gasteiger partial charge in [0.1, 0.15) is 0 Å². The summed E-state index contributed by atoms with van der Waals surface area (Å²) in [6.07, 6.45) is 0. The van der Waals surface area contributed by atoms with Gasteiger partial charge in [0.05, 0.1) is 5.84 Å². The Balaban J connectivity index is 0. The molecule has 0 unspecified atom stereocenters. The molecule has 0 aromatic carbocycles. The molecule has 0 heterocycles. The van der Waals surface area contributed by atoms with E-state index in [2.05, 4.69) is 0 Å². The summed E-state index contributed by atoms with van der Waals surface area (Å²) in [5, 5.41) is 7.06. The second-order valence-electron chi connectivity index (χ2n) is 1.16. The molecule has 0 atom stereocenters. The third kappa shape index (κ3) is 3.93. The molecule has 0 saturated heterocycles. The number of hydrogen-bond donors (Lipinski definition) is 2. The molecule has 0 radical (unpaired) electrons. The zero-order valence-corrected chi connectivity index (χ0v) is 4.80. The Labute approximate surface area is 69.0 Å². The molecule has 3 heteroatoms. The van der Waals surface area contributed by atoms with Gasteiger partial charge < -0.3 is 5.73 Å². The van der Waals surface area contributed by atoms with E-state index in [1.54, 1.807) is 0 Å².